The molecule has 1 aromatic heterocycles. The van der Waals surface area contributed by atoms with Crippen LogP contribution in [0.3, 0.4) is 0 Å². The van der Waals surface area contributed by atoms with E-state index in [0.29, 0.717) is 30.4 Å². The van der Waals surface area contributed by atoms with E-state index < -0.39 is 34.7 Å². The van der Waals surface area contributed by atoms with Crippen molar-refractivity contribution in [3.8, 4) is 0 Å². The fourth-order valence-corrected chi connectivity index (χ4v) is 5.65. The van der Waals surface area contributed by atoms with Crippen LogP contribution in [0.4, 0.5) is 13.2 Å². The summed E-state index contributed by atoms with van der Waals surface area (Å²) in [6, 6.07) is -0.473. The molecule has 0 aliphatic carbocycles. The first-order valence-corrected chi connectivity index (χ1v) is 9.34. The van der Waals surface area contributed by atoms with Gasteiger partial charge in [0.25, 0.3) is 5.89 Å². The zero-order valence-corrected chi connectivity index (χ0v) is 14.4. The highest BCUT2D eigenvalue weighted by molar-refractivity contribution is 8.21. The molecular weight excluding hydrogens is 367 g/mol. The molecule has 134 valence electrons. The summed E-state index contributed by atoms with van der Waals surface area (Å²) in [5.41, 5.74) is 0. The standard InChI is InChI=1S/C13H16F3N3O3S2/c1-7-17-11(22-19-7)10-8(2-3-21-10)18-9(20)6-12(13(14,15)16)23-4-5-24-12/h8,10H,2-6H2,1H3,(H,18,20)/t8-,10+/m0/s1. The van der Waals surface area contributed by atoms with Gasteiger partial charge in [0.05, 0.1) is 12.5 Å². The molecule has 1 N–H and O–H groups in total. The molecule has 0 spiro atoms. The van der Waals surface area contributed by atoms with Gasteiger partial charge in [-0.3, -0.25) is 4.79 Å². The summed E-state index contributed by atoms with van der Waals surface area (Å²) in [4.78, 5) is 16.3. The molecule has 0 saturated carbocycles. The average molecular weight is 383 g/mol. The summed E-state index contributed by atoms with van der Waals surface area (Å²) in [6.07, 6.45) is -5.19. The van der Waals surface area contributed by atoms with Gasteiger partial charge < -0.3 is 14.6 Å². The quantitative estimate of drug-likeness (QED) is 0.856. The molecule has 11 heteroatoms. The van der Waals surface area contributed by atoms with Crippen molar-refractivity contribution in [2.24, 2.45) is 0 Å². The summed E-state index contributed by atoms with van der Waals surface area (Å²) >= 11 is 1.58. The zero-order valence-electron chi connectivity index (χ0n) is 12.8. The van der Waals surface area contributed by atoms with Crippen molar-refractivity contribution in [2.45, 2.75) is 42.2 Å². The van der Waals surface area contributed by atoms with Crippen molar-refractivity contribution >= 4 is 29.4 Å². The minimum absolute atomic E-state index is 0.227. The Morgan fingerprint density at radius 1 is 1.42 bits per heavy atom. The van der Waals surface area contributed by atoms with Crippen LogP contribution >= 0.6 is 23.5 Å². The highest BCUT2D eigenvalue weighted by Gasteiger charge is 2.59. The Hall–Kier alpha value is -0.940. The van der Waals surface area contributed by atoms with Crippen LogP contribution in [0, 0.1) is 6.92 Å². The summed E-state index contributed by atoms with van der Waals surface area (Å²) in [7, 11) is 0. The Morgan fingerprint density at radius 2 is 2.12 bits per heavy atom. The summed E-state index contributed by atoms with van der Waals surface area (Å²) in [6.45, 7) is 2.02. The lowest BCUT2D eigenvalue weighted by molar-refractivity contribution is -0.146. The van der Waals surface area contributed by atoms with Crippen molar-refractivity contribution in [1.29, 1.82) is 0 Å². The van der Waals surface area contributed by atoms with E-state index in [0.717, 1.165) is 23.5 Å². The van der Waals surface area contributed by atoms with Gasteiger partial charge in [0, 0.05) is 18.1 Å². The third-order valence-electron chi connectivity index (χ3n) is 3.80. The molecule has 3 heterocycles. The Bertz CT molecular complexity index is 605. The van der Waals surface area contributed by atoms with Gasteiger partial charge in [0.1, 0.15) is 0 Å². The van der Waals surface area contributed by atoms with E-state index in [4.69, 9.17) is 9.26 Å². The van der Waals surface area contributed by atoms with Crippen LogP contribution in [0.5, 0.6) is 0 Å². The van der Waals surface area contributed by atoms with Crippen LogP contribution in [0.1, 0.15) is 30.7 Å². The van der Waals surface area contributed by atoms with Crippen molar-refractivity contribution in [3.63, 3.8) is 0 Å². The van der Waals surface area contributed by atoms with Gasteiger partial charge in [-0.2, -0.15) is 18.2 Å². The van der Waals surface area contributed by atoms with E-state index in [1.807, 2.05) is 0 Å². The van der Waals surface area contributed by atoms with Crippen LogP contribution in [0.15, 0.2) is 4.52 Å². The second-order valence-corrected chi connectivity index (χ2v) is 8.60. The maximum atomic E-state index is 13.4. The number of halogens is 3. The number of amides is 1. The van der Waals surface area contributed by atoms with Gasteiger partial charge in [-0.15, -0.1) is 23.5 Å². The van der Waals surface area contributed by atoms with Crippen molar-refractivity contribution in [2.75, 3.05) is 18.1 Å². The minimum Gasteiger partial charge on any atom is -0.366 e. The Kier molecular flexibility index (Phi) is 5.03. The number of hydrogen-bond donors (Lipinski definition) is 1. The number of ether oxygens (including phenoxy) is 1. The maximum Gasteiger partial charge on any atom is 0.412 e. The number of nitrogens with zero attached hydrogens (tertiary/aromatic N) is 2. The van der Waals surface area contributed by atoms with E-state index in [1.165, 1.54) is 0 Å². The molecule has 1 amide bonds. The molecule has 0 bridgehead atoms. The first-order chi connectivity index (χ1) is 11.3. The monoisotopic (exact) mass is 383 g/mol. The maximum absolute atomic E-state index is 13.4. The number of rotatable bonds is 4. The molecule has 2 aliphatic rings. The third kappa shape index (κ3) is 3.52. The predicted octanol–water partition coefficient (Wildman–Crippen LogP) is 2.45. The molecule has 1 aromatic rings. The molecule has 0 unspecified atom stereocenters. The lowest BCUT2D eigenvalue weighted by Crippen LogP contribution is -2.45. The summed E-state index contributed by atoms with van der Waals surface area (Å²) in [5, 5.41) is 6.31. The first-order valence-electron chi connectivity index (χ1n) is 7.36. The average Bonchev–Trinajstić information content (AvgIpc) is 3.19. The van der Waals surface area contributed by atoms with E-state index in [-0.39, 0.29) is 5.89 Å². The molecule has 2 aliphatic heterocycles. The second kappa shape index (κ2) is 6.75. The first kappa shape index (κ1) is 17.9. The Labute approximate surface area is 144 Å². The van der Waals surface area contributed by atoms with E-state index in [1.54, 1.807) is 6.92 Å². The number of carbonyl (C=O) groups excluding carboxylic acids is 1. The van der Waals surface area contributed by atoms with Crippen LogP contribution < -0.4 is 5.32 Å². The second-order valence-electron chi connectivity index (χ2n) is 5.56. The number of carbonyl (C=O) groups is 1. The number of nitrogens with one attached hydrogen (secondary N) is 1. The Morgan fingerprint density at radius 3 is 2.71 bits per heavy atom. The van der Waals surface area contributed by atoms with Crippen LogP contribution in [0.25, 0.3) is 0 Å². The van der Waals surface area contributed by atoms with Gasteiger partial charge >= 0.3 is 6.18 Å². The van der Waals surface area contributed by atoms with E-state index in [9.17, 15) is 18.0 Å². The predicted molar refractivity (Wildman–Crippen MR) is 82.6 cm³/mol. The molecule has 3 rings (SSSR count). The lowest BCUT2D eigenvalue weighted by Gasteiger charge is -2.29. The minimum atomic E-state index is -4.44. The van der Waals surface area contributed by atoms with E-state index >= 15 is 0 Å². The summed E-state index contributed by atoms with van der Waals surface area (Å²) < 4.78 is 48.5. The SMILES string of the molecule is Cc1noc([C@@H]2OCC[C@@H]2NC(=O)CC2(C(F)(F)F)SCCS2)n1. The van der Waals surface area contributed by atoms with Crippen LogP contribution in [-0.2, 0) is 9.53 Å². The normalized spacial score (nSPS) is 26.7. The molecule has 2 atom stereocenters. The molecular formula is C13H16F3N3O3S2. The molecule has 2 fully saturated rings. The van der Waals surface area contributed by atoms with Crippen molar-refractivity contribution in [3.05, 3.63) is 11.7 Å². The number of aryl methyl sites for hydroxylation is 1. The number of alkyl halides is 3. The van der Waals surface area contributed by atoms with Crippen molar-refractivity contribution < 1.29 is 27.2 Å². The number of hydrogen-bond acceptors (Lipinski definition) is 7. The van der Waals surface area contributed by atoms with Gasteiger partial charge in [-0.25, -0.2) is 0 Å². The fraction of sp³-hybridized carbons (Fsp3) is 0.769. The highest BCUT2D eigenvalue weighted by atomic mass is 32.2. The van der Waals surface area contributed by atoms with Gasteiger partial charge in [0.2, 0.25) is 5.91 Å². The molecule has 24 heavy (non-hydrogen) atoms. The fourth-order valence-electron chi connectivity index (χ4n) is 2.70. The van der Waals surface area contributed by atoms with Gasteiger partial charge in [0.15, 0.2) is 16.0 Å². The third-order valence-corrected chi connectivity index (χ3v) is 7.27. The molecule has 6 nitrogen and oxygen atoms in total. The molecule has 2 saturated heterocycles. The Balaban J connectivity index is 1.65. The molecule has 0 radical (unpaired) electrons. The lowest BCUT2D eigenvalue weighted by atomic mass is 10.1. The van der Waals surface area contributed by atoms with Gasteiger partial charge in [-0.05, 0) is 13.3 Å². The largest absolute Gasteiger partial charge is 0.412 e. The topological polar surface area (TPSA) is 77.3 Å². The summed E-state index contributed by atoms with van der Waals surface area (Å²) in [5.74, 6) is 0.777. The van der Waals surface area contributed by atoms with Crippen molar-refractivity contribution in [1.82, 2.24) is 15.5 Å². The number of thioether (sulfide) groups is 2. The van der Waals surface area contributed by atoms with Crippen LogP contribution in [-0.4, -0.2) is 50.5 Å². The molecule has 0 aromatic carbocycles. The van der Waals surface area contributed by atoms with Gasteiger partial charge in [-0.1, -0.05) is 5.16 Å². The highest BCUT2D eigenvalue weighted by Crippen LogP contribution is 2.56. The van der Waals surface area contributed by atoms with E-state index in [2.05, 4.69) is 15.5 Å². The smallest absolute Gasteiger partial charge is 0.366 e. The van der Waals surface area contributed by atoms with Crippen LogP contribution in [0.2, 0.25) is 0 Å². The zero-order chi connectivity index (χ0) is 17.4. The number of aromatic nitrogens is 2.